The summed E-state index contributed by atoms with van der Waals surface area (Å²) in [5, 5.41) is 0. The number of amidine groups is 1. The Morgan fingerprint density at radius 1 is 0.711 bits per heavy atom. The number of fused-ring (bicyclic) bond motifs is 4. The molecule has 1 aliphatic carbocycles. The molecule has 1 heterocycles. The molecular weight excluding hydrogens is 464 g/mol. The van der Waals surface area contributed by atoms with Crippen molar-refractivity contribution < 1.29 is 4.79 Å². The molecule has 0 bridgehead atoms. The fourth-order valence-electron chi connectivity index (χ4n) is 5.82. The number of aliphatic imine (C=N–C) groups is 1. The third-order valence-corrected chi connectivity index (χ3v) is 7.62. The number of hydrogen-bond acceptors (Lipinski definition) is 3. The standard InChI is InChI=1S/C35H26N2O/c38-34(26-19-20-30-27(22-26)21-25-13-7-8-16-29(25)30)23-33-31-17-9-10-18-32(31)36-35(24-11-3-1-4-12-24)37(33)28-14-5-2-6-15-28/h1-20,22,33H,21,23H2. The normalized spacial score (nSPS) is 15.3. The number of benzene rings is 5. The molecule has 5 aromatic carbocycles. The van der Waals surface area contributed by atoms with Crippen LogP contribution >= 0.6 is 0 Å². The van der Waals surface area contributed by atoms with Crippen LogP contribution in [0, 0.1) is 0 Å². The summed E-state index contributed by atoms with van der Waals surface area (Å²) in [5.41, 5.74) is 9.88. The molecule has 38 heavy (non-hydrogen) atoms. The summed E-state index contributed by atoms with van der Waals surface area (Å²) >= 11 is 0. The molecule has 0 radical (unpaired) electrons. The molecule has 182 valence electrons. The van der Waals surface area contributed by atoms with Crippen LogP contribution in [-0.2, 0) is 6.42 Å². The third kappa shape index (κ3) is 3.84. The number of nitrogens with zero attached hydrogens (tertiary/aromatic N) is 2. The number of anilines is 1. The fraction of sp³-hybridized carbons (Fsp3) is 0.0857. The summed E-state index contributed by atoms with van der Waals surface area (Å²) in [6, 6.07) is 43.3. The van der Waals surface area contributed by atoms with E-state index in [4.69, 9.17) is 4.99 Å². The first-order valence-electron chi connectivity index (χ1n) is 13.1. The van der Waals surface area contributed by atoms with Gasteiger partial charge >= 0.3 is 0 Å². The van der Waals surface area contributed by atoms with Crippen LogP contribution in [-0.4, -0.2) is 11.6 Å². The van der Waals surface area contributed by atoms with Gasteiger partial charge in [0, 0.05) is 28.8 Å². The topological polar surface area (TPSA) is 32.7 Å². The zero-order valence-electron chi connectivity index (χ0n) is 20.9. The minimum absolute atomic E-state index is 0.138. The van der Waals surface area contributed by atoms with Crippen LogP contribution < -0.4 is 4.90 Å². The van der Waals surface area contributed by atoms with Crippen molar-refractivity contribution in [2.75, 3.05) is 4.90 Å². The maximum atomic E-state index is 13.9. The van der Waals surface area contributed by atoms with Crippen LogP contribution in [0.15, 0.2) is 132 Å². The molecule has 0 aromatic heterocycles. The van der Waals surface area contributed by atoms with E-state index < -0.39 is 0 Å². The zero-order valence-corrected chi connectivity index (χ0v) is 20.9. The van der Waals surface area contributed by atoms with E-state index >= 15 is 0 Å². The molecule has 1 atom stereocenters. The largest absolute Gasteiger partial charge is 0.318 e. The highest BCUT2D eigenvalue weighted by atomic mass is 16.1. The van der Waals surface area contributed by atoms with Crippen molar-refractivity contribution in [2.45, 2.75) is 18.9 Å². The van der Waals surface area contributed by atoms with Crippen molar-refractivity contribution in [3.05, 3.63) is 155 Å². The first kappa shape index (κ1) is 22.4. The van der Waals surface area contributed by atoms with Gasteiger partial charge in [-0.15, -0.1) is 0 Å². The highest BCUT2D eigenvalue weighted by Gasteiger charge is 2.34. The Hall–Kier alpha value is -4.76. The SMILES string of the molecule is O=C(CC1c2ccccc2N=C(c2ccccc2)N1c1ccccc1)c1ccc2c(c1)Cc1ccccc1-2. The summed E-state index contributed by atoms with van der Waals surface area (Å²) in [5.74, 6) is 0.997. The minimum atomic E-state index is -0.181. The highest BCUT2D eigenvalue weighted by Crippen LogP contribution is 2.42. The molecule has 2 aliphatic rings. The summed E-state index contributed by atoms with van der Waals surface area (Å²) in [4.78, 5) is 21.3. The Kier molecular flexibility index (Phi) is 5.48. The van der Waals surface area contributed by atoms with Crippen molar-refractivity contribution in [3.63, 3.8) is 0 Å². The van der Waals surface area contributed by atoms with E-state index in [9.17, 15) is 4.79 Å². The van der Waals surface area contributed by atoms with Gasteiger partial charge in [-0.25, -0.2) is 4.99 Å². The second-order valence-corrected chi connectivity index (χ2v) is 9.91. The maximum absolute atomic E-state index is 13.9. The number of carbonyl (C=O) groups excluding carboxylic acids is 1. The van der Waals surface area contributed by atoms with Gasteiger partial charge in [0.15, 0.2) is 5.78 Å². The van der Waals surface area contributed by atoms with E-state index in [-0.39, 0.29) is 11.8 Å². The molecule has 0 saturated carbocycles. The van der Waals surface area contributed by atoms with Crippen LogP contribution in [0.2, 0.25) is 0 Å². The Morgan fingerprint density at radius 3 is 2.24 bits per heavy atom. The minimum Gasteiger partial charge on any atom is -0.318 e. The molecular formula is C35H26N2O. The van der Waals surface area contributed by atoms with E-state index in [0.29, 0.717) is 6.42 Å². The smallest absolute Gasteiger partial charge is 0.165 e. The quantitative estimate of drug-likeness (QED) is 0.228. The molecule has 0 fully saturated rings. The van der Waals surface area contributed by atoms with E-state index in [0.717, 1.165) is 40.3 Å². The lowest BCUT2D eigenvalue weighted by Crippen LogP contribution is -2.39. The first-order valence-corrected chi connectivity index (χ1v) is 13.1. The Balaban J connectivity index is 1.30. The predicted octanol–water partition coefficient (Wildman–Crippen LogP) is 8.17. The van der Waals surface area contributed by atoms with Crippen LogP contribution in [0.3, 0.4) is 0 Å². The van der Waals surface area contributed by atoms with Crippen LogP contribution in [0.5, 0.6) is 0 Å². The first-order chi connectivity index (χ1) is 18.8. The molecule has 5 aromatic rings. The monoisotopic (exact) mass is 490 g/mol. The van der Waals surface area contributed by atoms with E-state index in [1.165, 1.54) is 22.3 Å². The summed E-state index contributed by atoms with van der Waals surface area (Å²) < 4.78 is 0. The van der Waals surface area contributed by atoms with Gasteiger partial charge in [0.1, 0.15) is 5.84 Å². The summed E-state index contributed by atoms with van der Waals surface area (Å²) in [6.45, 7) is 0. The number of ketones is 1. The van der Waals surface area contributed by atoms with Gasteiger partial charge in [0.05, 0.1) is 11.7 Å². The van der Waals surface area contributed by atoms with E-state index in [2.05, 4.69) is 71.6 Å². The summed E-state index contributed by atoms with van der Waals surface area (Å²) in [7, 11) is 0. The molecule has 0 amide bonds. The van der Waals surface area contributed by atoms with Gasteiger partial charge in [-0.2, -0.15) is 0 Å². The van der Waals surface area contributed by atoms with E-state index in [1.807, 2.05) is 60.7 Å². The fourth-order valence-corrected chi connectivity index (χ4v) is 5.82. The number of carbonyl (C=O) groups is 1. The molecule has 0 saturated heterocycles. The number of rotatable bonds is 5. The molecule has 3 nitrogen and oxygen atoms in total. The summed E-state index contributed by atoms with van der Waals surface area (Å²) in [6.07, 6.45) is 1.23. The molecule has 0 spiro atoms. The number of Topliss-reactive ketones (excluding diaryl/α,β-unsaturated/α-hetero) is 1. The average Bonchev–Trinajstić information content (AvgIpc) is 3.36. The lowest BCUT2D eigenvalue weighted by molar-refractivity contribution is 0.0974. The Morgan fingerprint density at radius 2 is 1.39 bits per heavy atom. The van der Waals surface area contributed by atoms with Crippen LogP contribution in [0.1, 0.15) is 45.1 Å². The maximum Gasteiger partial charge on any atom is 0.165 e. The molecule has 1 unspecified atom stereocenters. The second kappa shape index (κ2) is 9.28. The predicted molar refractivity (Wildman–Crippen MR) is 154 cm³/mol. The van der Waals surface area contributed by atoms with Crippen molar-refractivity contribution in [1.82, 2.24) is 0 Å². The van der Waals surface area contributed by atoms with Gasteiger partial charge in [-0.3, -0.25) is 4.79 Å². The second-order valence-electron chi connectivity index (χ2n) is 9.91. The van der Waals surface area contributed by atoms with Gasteiger partial charge in [-0.1, -0.05) is 103 Å². The van der Waals surface area contributed by atoms with Crippen LogP contribution in [0.4, 0.5) is 11.4 Å². The van der Waals surface area contributed by atoms with Gasteiger partial charge in [-0.05, 0) is 52.9 Å². The lowest BCUT2D eigenvalue weighted by atomic mass is 9.91. The van der Waals surface area contributed by atoms with Crippen molar-refractivity contribution in [1.29, 1.82) is 0 Å². The lowest BCUT2D eigenvalue weighted by Gasteiger charge is -2.38. The van der Waals surface area contributed by atoms with Crippen molar-refractivity contribution in [2.24, 2.45) is 4.99 Å². The Labute approximate surface area is 222 Å². The third-order valence-electron chi connectivity index (χ3n) is 7.62. The molecule has 7 rings (SSSR count). The van der Waals surface area contributed by atoms with Crippen LogP contribution in [0.25, 0.3) is 11.1 Å². The Bertz CT molecular complexity index is 1690. The molecule has 3 heteroatoms. The molecule has 1 aliphatic heterocycles. The highest BCUT2D eigenvalue weighted by molar-refractivity contribution is 6.13. The zero-order chi connectivity index (χ0) is 25.5. The number of hydrogen-bond donors (Lipinski definition) is 0. The number of para-hydroxylation sites is 2. The van der Waals surface area contributed by atoms with Crippen molar-refractivity contribution in [3.8, 4) is 11.1 Å². The van der Waals surface area contributed by atoms with Gasteiger partial charge in [0.25, 0.3) is 0 Å². The van der Waals surface area contributed by atoms with Crippen molar-refractivity contribution >= 4 is 23.0 Å². The van der Waals surface area contributed by atoms with Gasteiger partial charge in [0.2, 0.25) is 0 Å². The van der Waals surface area contributed by atoms with Gasteiger partial charge < -0.3 is 4.90 Å². The van der Waals surface area contributed by atoms with E-state index in [1.54, 1.807) is 0 Å². The average molecular weight is 491 g/mol. The molecule has 0 N–H and O–H groups in total.